The van der Waals surface area contributed by atoms with Crippen LogP contribution in [0.1, 0.15) is 44.9 Å². The number of ether oxygens (including phenoxy) is 1. The first-order chi connectivity index (χ1) is 11.8. The molecule has 0 N–H and O–H groups in total. The van der Waals surface area contributed by atoms with Crippen LogP contribution in [0, 0.1) is 0 Å². The fraction of sp³-hybridized carbons (Fsp3) is 0.450. The molecule has 2 aliphatic rings. The molecular formula is C20H23NO2S. The number of piperidine rings is 1. The molecule has 0 atom stereocenters. The number of fused-ring (bicyclic) bond motifs is 1. The van der Waals surface area contributed by atoms with Crippen LogP contribution in [-0.2, 0) is 24.2 Å². The van der Waals surface area contributed by atoms with E-state index in [1.165, 1.54) is 22.4 Å². The molecule has 1 fully saturated rings. The predicted octanol–water partition coefficient (Wildman–Crippen LogP) is 4.06. The number of hydrogen-bond donors (Lipinski definition) is 0. The van der Waals surface area contributed by atoms with Crippen LogP contribution >= 0.6 is 11.3 Å². The highest BCUT2D eigenvalue weighted by molar-refractivity contribution is 7.14. The van der Waals surface area contributed by atoms with Crippen LogP contribution in [0.3, 0.4) is 0 Å². The molecule has 3 nitrogen and oxygen atoms in total. The molecule has 1 aliphatic heterocycles. The first-order valence-electron chi connectivity index (χ1n) is 8.86. The zero-order valence-corrected chi connectivity index (χ0v) is 14.7. The molecule has 126 valence electrons. The summed E-state index contributed by atoms with van der Waals surface area (Å²) in [4.78, 5) is 17.1. The van der Waals surface area contributed by atoms with Gasteiger partial charge in [-0.25, -0.2) is 0 Å². The molecule has 0 spiro atoms. The van der Waals surface area contributed by atoms with Crippen molar-refractivity contribution in [3.63, 3.8) is 0 Å². The summed E-state index contributed by atoms with van der Waals surface area (Å²) in [5.74, 6) is 0.218. The van der Waals surface area contributed by atoms with E-state index in [0.29, 0.717) is 6.61 Å². The fourth-order valence-electron chi connectivity index (χ4n) is 3.60. The van der Waals surface area contributed by atoms with Crippen molar-refractivity contribution in [3.8, 4) is 0 Å². The SMILES string of the molecule is O=C(c1cc2c(s1)CCC2)N1CCC(OCc2ccccc2)CC1. The van der Waals surface area contributed by atoms with Crippen LogP contribution in [0.25, 0.3) is 0 Å². The largest absolute Gasteiger partial charge is 0.373 e. The predicted molar refractivity (Wildman–Crippen MR) is 96.5 cm³/mol. The first-order valence-corrected chi connectivity index (χ1v) is 9.67. The smallest absolute Gasteiger partial charge is 0.263 e. The summed E-state index contributed by atoms with van der Waals surface area (Å²) < 4.78 is 6.02. The minimum Gasteiger partial charge on any atom is -0.373 e. The number of benzene rings is 1. The summed E-state index contributed by atoms with van der Waals surface area (Å²) in [6, 6.07) is 12.4. The number of amides is 1. The van der Waals surface area contributed by atoms with E-state index in [2.05, 4.69) is 18.2 Å². The van der Waals surface area contributed by atoms with Gasteiger partial charge in [0.25, 0.3) is 5.91 Å². The van der Waals surface area contributed by atoms with Crippen LogP contribution in [0.5, 0.6) is 0 Å². The Labute approximate surface area is 147 Å². The number of hydrogen-bond acceptors (Lipinski definition) is 3. The molecule has 0 unspecified atom stereocenters. The molecule has 0 saturated carbocycles. The van der Waals surface area contributed by atoms with Crippen molar-refractivity contribution >= 4 is 17.2 Å². The Bertz CT molecular complexity index is 680. The van der Waals surface area contributed by atoms with Crippen molar-refractivity contribution in [3.05, 3.63) is 57.3 Å². The summed E-state index contributed by atoms with van der Waals surface area (Å²) in [5, 5.41) is 0. The number of thiophene rings is 1. The number of rotatable bonds is 4. The molecule has 2 heterocycles. The Morgan fingerprint density at radius 2 is 1.96 bits per heavy atom. The van der Waals surface area contributed by atoms with E-state index in [1.54, 1.807) is 11.3 Å². The van der Waals surface area contributed by atoms with Gasteiger partial charge in [-0.1, -0.05) is 30.3 Å². The van der Waals surface area contributed by atoms with Crippen LogP contribution in [0.4, 0.5) is 0 Å². The molecule has 0 radical (unpaired) electrons. The number of nitrogens with zero attached hydrogens (tertiary/aromatic N) is 1. The fourth-order valence-corrected chi connectivity index (χ4v) is 4.83. The summed E-state index contributed by atoms with van der Waals surface area (Å²) in [5.41, 5.74) is 2.62. The third kappa shape index (κ3) is 3.40. The van der Waals surface area contributed by atoms with Gasteiger partial charge in [-0.15, -0.1) is 11.3 Å². The van der Waals surface area contributed by atoms with Crippen molar-refractivity contribution in [2.75, 3.05) is 13.1 Å². The van der Waals surface area contributed by atoms with Gasteiger partial charge in [-0.2, -0.15) is 0 Å². The van der Waals surface area contributed by atoms with Gasteiger partial charge in [-0.3, -0.25) is 4.79 Å². The Balaban J connectivity index is 1.28. The average molecular weight is 341 g/mol. The van der Waals surface area contributed by atoms with E-state index in [4.69, 9.17) is 4.74 Å². The Hall–Kier alpha value is -1.65. The Morgan fingerprint density at radius 3 is 2.71 bits per heavy atom. The van der Waals surface area contributed by atoms with Crippen molar-refractivity contribution in [1.82, 2.24) is 4.90 Å². The molecule has 4 heteroatoms. The second-order valence-corrected chi connectivity index (χ2v) is 7.84. The van der Waals surface area contributed by atoms with Crippen molar-refractivity contribution in [2.24, 2.45) is 0 Å². The highest BCUT2D eigenvalue weighted by atomic mass is 32.1. The van der Waals surface area contributed by atoms with E-state index < -0.39 is 0 Å². The molecule has 24 heavy (non-hydrogen) atoms. The zero-order valence-electron chi connectivity index (χ0n) is 13.9. The summed E-state index contributed by atoms with van der Waals surface area (Å²) in [6.07, 6.45) is 5.69. The lowest BCUT2D eigenvalue weighted by molar-refractivity contribution is -0.000271. The second-order valence-electron chi connectivity index (χ2n) is 6.70. The van der Waals surface area contributed by atoms with Crippen molar-refractivity contribution < 1.29 is 9.53 Å². The number of likely N-dealkylation sites (tertiary alicyclic amines) is 1. The topological polar surface area (TPSA) is 29.5 Å². The van der Waals surface area contributed by atoms with E-state index >= 15 is 0 Å². The van der Waals surface area contributed by atoms with Gasteiger partial charge in [0.05, 0.1) is 17.6 Å². The van der Waals surface area contributed by atoms with Crippen LogP contribution in [0.2, 0.25) is 0 Å². The van der Waals surface area contributed by atoms with E-state index in [0.717, 1.165) is 43.6 Å². The van der Waals surface area contributed by atoms with E-state index in [9.17, 15) is 4.79 Å². The first kappa shape index (κ1) is 15.9. The van der Waals surface area contributed by atoms with E-state index in [-0.39, 0.29) is 12.0 Å². The molecule has 1 saturated heterocycles. The van der Waals surface area contributed by atoms with Crippen molar-refractivity contribution in [2.45, 2.75) is 44.8 Å². The van der Waals surface area contributed by atoms with Gasteiger partial charge >= 0.3 is 0 Å². The average Bonchev–Trinajstić information content (AvgIpc) is 3.23. The molecule has 1 aliphatic carbocycles. The van der Waals surface area contributed by atoms with Crippen LogP contribution < -0.4 is 0 Å². The van der Waals surface area contributed by atoms with Gasteiger partial charge < -0.3 is 9.64 Å². The summed E-state index contributed by atoms with van der Waals surface area (Å²) >= 11 is 1.71. The molecule has 2 aromatic rings. The van der Waals surface area contributed by atoms with E-state index in [1.807, 2.05) is 23.1 Å². The lowest BCUT2D eigenvalue weighted by Gasteiger charge is -2.31. The third-order valence-electron chi connectivity index (χ3n) is 5.02. The minimum atomic E-state index is 0.218. The molecule has 1 aromatic heterocycles. The second kappa shape index (κ2) is 7.08. The quantitative estimate of drug-likeness (QED) is 0.839. The Morgan fingerprint density at radius 1 is 1.17 bits per heavy atom. The number of carbonyl (C=O) groups excluding carboxylic acids is 1. The van der Waals surface area contributed by atoms with Crippen LogP contribution in [-0.4, -0.2) is 30.0 Å². The maximum Gasteiger partial charge on any atom is 0.263 e. The standard InChI is InChI=1S/C20H23NO2S/c22-20(19-13-16-7-4-8-18(16)24-19)21-11-9-17(10-12-21)23-14-15-5-2-1-3-6-15/h1-3,5-6,13,17H,4,7-12,14H2. The summed E-state index contributed by atoms with van der Waals surface area (Å²) in [6.45, 7) is 2.28. The molecule has 0 bridgehead atoms. The maximum atomic E-state index is 12.7. The number of carbonyl (C=O) groups is 1. The summed E-state index contributed by atoms with van der Waals surface area (Å²) in [7, 11) is 0. The molecular weight excluding hydrogens is 318 g/mol. The van der Waals surface area contributed by atoms with Gasteiger partial charge in [0, 0.05) is 18.0 Å². The van der Waals surface area contributed by atoms with Gasteiger partial charge in [0.2, 0.25) is 0 Å². The Kier molecular flexibility index (Phi) is 4.67. The highest BCUT2D eigenvalue weighted by Crippen LogP contribution is 2.31. The van der Waals surface area contributed by atoms with Gasteiger partial charge in [0.1, 0.15) is 0 Å². The third-order valence-corrected chi connectivity index (χ3v) is 6.24. The maximum absolute atomic E-state index is 12.7. The van der Waals surface area contributed by atoms with Gasteiger partial charge in [0.15, 0.2) is 0 Å². The zero-order chi connectivity index (χ0) is 16.4. The normalized spacial score (nSPS) is 17.9. The molecule has 1 aromatic carbocycles. The lowest BCUT2D eigenvalue weighted by Crippen LogP contribution is -2.40. The minimum absolute atomic E-state index is 0.218. The molecule has 1 amide bonds. The lowest BCUT2D eigenvalue weighted by atomic mass is 10.1. The van der Waals surface area contributed by atoms with Gasteiger partial charge in [-0.05, 0) is 49.3 Å². The number of aryl methyl sites for hydroxylation is 2. The highest BCUT2D eigenvalue weighted by Gasteiger charge is 2.26. The van der Waals surface area contributed by atoms with Crippen molar-refractivity contribution in [1.29, 1.82) is 0 Å². The molecule has 4 rings (SSSR count). The van der Waals surface area contributed by atoms with Crippen LogP contribution in [0.15, 0.2) is 36.4 Å². The monoisotopic (exact) mass is 341 g/mol.